The highest BCUT2D eigenvalue weighted by molar-refractivity contribution is 7.10. The van der Waals surface area contributed by atoms with Crippen molar-refractivity contribution >= 4 is 22.9 Å². The van der Waals surface area contributed by atoms with Gasteiger partial charge in [-0.3, -0.25) is 4.79 Å². The number of hydrogen-bond acceptors (Lipinski definition) is 3. The SMILES string of the molecule is CCc1ccsc1CNC(=O)CC1CNc2ccccc21. The molecule has 110 valence electrons. The summed E-state index contributed by atoms with van der Waals surface area (Å²) in [6.45, 7) is 3.65. The van der Waals surface area contributed by atoms with E-state index in [1.807, 2.05) is 12.1 Å². The molecule has 1 unspecified atom stereocenters. The molecule has 2 aromatic rings. The van der Waals surface area contributed by atoms with Crippen LogP contribution in [0.1, 0.15) is 35.3 Å². The van der Waals surface area contributed by atoms with Crippen molar-refractivity contribution in [3.05, 3.63) is 51.7 Å². The summed E-state index contributed by atoms with van der Waals surface area (Å²) >= 11 is 1.72. The van der Waals surface area contributed by atoms with E-state index in [-0.39, 0.29) is 11.8 Å². The Labute approximate surface area is 129 Å². The molecular formula is C17H20N2OS. The first-order valence-electron chi connectivity index (χ1n) is 7.42. The number of para-hydroxylation sites is 1. The van der Waals surface area contributed by atoms with Gasteiger partial charge in [0, 0.05) is 29.4 Å². The van der Waals surface area contributed by atoms with Crippen LogP contribution < -0.4 is 10.6 Å². The van der Waals surface area contributed by atoms with Gasteiger partial charge in [-0.25, -0.2) is 0 Å². The van der Waals surface area contributed by atoms with Crippen molar-refractivity contribution < 1.29 is 4.79 Å². The Hall–Kier alpha value is -1.81. The number of aryl methyl sites for hydroxylation is 1. The lowest BCUT2D eigenvalue weighted by atomic mass is 9.97. The molecule has 0 aliphatic carbocycles. The molecule has 1 aliphatic rings. The highest BCUT2D eigenvalue weighted by Gasteiger charge is 2.23. The summed E-state index contributed by atoms with van der Waals surface area (Å²) in [5, 5.41) is 8.52. The topological polar surface area (TPSA) is 41.1 Å². The number of rotatable bonds is 5. The Kier molecular flexibility index (Phi) is 4.25. The summed E-state index contributed by atoms with van der Waals surface area (Å²) < 4.78 is 0. The normalized spacial score (nSPS) is 16.3. The Morgan fingerprint density at radius 2 is 2.24 bits per heavy atom. The molecule has 0 spiro atoms. The number of carbonyl (C=O) groups is 1. The molecule has 4 heteroatoms. The van der Waals surface area contributed by atoms with Crippen molar-refractivity contribution in [3.63, 3.8) is 0 Å². The van der Waals surface area contributed by atoms with E-state index in [0.29, 0.717) is 13.0 Å². The van der Waals surface area contributed by atoms with Gasteiger partial charge in [0.05, 0.1) is 6.54 Å². The Morgan fingerprint density at radius 1 is 1.38 bits per heavy atom. The molecule has 2 heterocycles. The summed E-state index contributed by atoms with van der Waals surface area (Å²) in [5.41, 5.74) is 3.77. The molecule has 0 saturated heterocycles. The summed E-state index contributed by atoms with van der Waals surface area (Å²) in [7, 11) is 0. The summed E-state index contributed by atoms with van der Waals surface area (Å²) in [4.78, 5) is 13.4. The molecule has 0 saturated carbocycles. The second-order valence-electron chi connectivity index (χ2n) is 5.37. The van der Waals surface area contributed by atoms with E-state index in [4.69, 9.17) is 0 Å². The van der Waals surface area contributed by atoms with Gasteiger partial charge in [0.25, 0.3) is 0 Å². The minimum Gasteiger partial charge on any atom is -0.384 e. The lowest BCUT2D eigenvalue weighted by molar-refractivity contribution is -0.121. The fourth-order valence-electron chi connectivity index (χ4n) is 2.85. The molecule has 2 N–H and O–H groups in total. The van der Waals surface area contributed by atoms with Gasteiger partial charge in [-0.15, -0.1) is 11.3 Å². The van der Waals surface area contributed by atoms with E-state index in [0.717, 1.165) is 13.0 Å². The summed E-state index contributed by atoms with van der Waals surface area (Å²) in [5.74, 6) is 0.420. The molecule has 0 fully saturated rings. The monoisotopic (exact) mass is 300 g/mol. The fourth-order valence-corrected chi connectivity index (χ4v) is 3.77. The highest BCUT2D eigenvalue weighted by atomic mass is 32.1. The number of fused-ring (bicyclic) bond motifs is 1. The van der Waals surface area contributed by atoms with Gasteiger partial charge in [-0.1, -0.05) is 25.1 Å². The predicted molar refractivity (Wildman–Crippen MR) is 87.8 cm³/mol. The van der Waals surface area contributed by atoms with E-state index in [2.05, 4.69) is 41.1 Å². The zero-order valence-electron chi connectivity index (χ0n) is 12.2. The van der Waals surface area contributed by atoms with E-state index in [9.17, 15) is 4.79 Å². The zero-order chi connectivity index (χ0) is 14.7. The maximum atomic E-state index is 12.2. The van der Waals surface area contributed by atoms with Crippen LogP contribution in [-0.2, 0) is 17.8 Å². The van der Waals surface area contributed by atoms with Crippen molar-refractivity contribution in [1.82, 2.24) is 5.32 Å². The summed E-state index contributed by atoms with van der Waals surface area (Å²) in [6, 6.07) is 10.4. The smallest absolute Gasteiger partial charge is 0.220 e. The molecule has 1 aliphatic heterocycles. The van der Waals surface area contributed by atoms with Crippen LogP contribution in [0.3, 0.4) is 0 Å². The van der Waals surface area contributed by atoms with Crippen LogP contribution >= 0.6 is 11.3 Å². The number of benzene rings is 1. The Balaban J connectivity index is 1.56. The maximum Gasteiger partial charge on any atom is 0.220 e. The number of amides is 1. The van der Waals surface area contributed by atoms with Crippen molar-refractivity contribution in [2.24, 2.45) is 0 Å². The summed E-state index contributed by atoms with van der Waals surface area (Å²) in [6.07, 6.45) is 1.57. The standard InChI is InChI=1S/C17H20N2OS/c1-2-12-7-8-21-16(12)11-19-17(20)9-13-10-18-15-6-4-3-5-14(13)15/h3-8,13,18H,2,9-11H2,1H3,(H,19,20). The lowest BCUT2D eigenvalue weighted by Gasteiger charge is -2.10. The third-order valence-electron chi connectivity index (χ3n) is 4.04. The molecule has 21 heavy (non-hydrogen) atoms. The Morgan fingerprint density at radius 3 is 3.10 bits per heavy atom. The predicted octanol–water partition coefficient (Wildman–Crippen LogP) is 3.53. The van der Waals surface area contributed by atoms with Crippen molar-refractivity contribution in [2.45, 2.75) is 32.2 Å². The van der Waals surface area contributed by atoms with Crippen molar-refractivity contribution in [2.75, 3.05) is 11.9 Å². The van der Waals surface area contributed by atoms with E-state index in [1.54, 1.807) is 11.3 Å². The number of thiophene rings is 1. The first-order chi connectivity index (χ1) is 10.3. The zero-order valence-corrected chi connectivity index (χ0v) is 13.0. The molecule has 1 atom stereocenters. The molecule has 3 rings (SSSR count). The number of hydrogen-bond donors (Lipinski definition) is 2. The third-order valence-corrected chi connectivity index (χ3v) is 5.00. The molecule has 0 bridgehead atoms. The minimum absolute atomic E-state index is 0.133. The van der Waals surface area contributed by atoms with Gasteiger partial charge in [-0.2, -0.15) is 0 Å². The Bertz CT molecular complexity index is 635. The highest BCUT2D eigenvalue weighted by Crippen LogP contribution is 2.33. The van der Waals surface area contributed by atoms with E-state index < -0.39 is 0 Å². The quantitative estimate of drug-likeness (QED) is 0.887. The molecule has 0 radical (unpaired) electrons. The lowest BCUT2D eigenvalue weighted by Crippen LogP contribution is -2.25. The van der Waals surface area contributed by atoms with Crippen LogP contribution in [0.5, 0.6) is 0 Å². The minimum atomic E-state index is 0.133. The first-order valence-corrected chi connectivity index (χ1v) is 8.30. The number of carbonyl (C=O) groups excluding carboxylic acids is 1. The average molecular weight is 300 g/mol. The van der Waals surface area contributed by atoms with Crippen LogP contribution in [-0.4, -0.2) is 12.5 Å². The van der Waals surface area contributed by atoms with Gasteiger partial charge in [0.2, 0.25) is 5.91 Å². The fraction of sp³-hybridized carbons (Fsp3) is 0.353. The van der Waals surface area contributed by atoms with Gasteiger partial charge in [-0.05, 0) is 35.1 Å². The van der Waals surface area contributed by atoms with Crippen LogP contribution in [0.4, 0.5) is 5.69 Å². The first kappa shape index (κ1) is 14.1. The average Bonchev–Trinajstić information content (AvgIpc) is 3.12. The second kappa shape index (κ2) is 6.31. The van der Waals surface area contributed by atoms with Gasteiger partial charge < -0.3 is 10.6 Å². The molecular weight excluding hydrogens is 280 g/mol. The number of nitrogens with one attached hydrogen (secondary N) is 2. The van der Waals surface area contributed by atoms with Gasteiger partial charge >= 0.3 is 0 Å². The number of anilines is 1. The molecule has 1 aromatic carbocycles. The van der Waals surface area contributed by atoms with E-state index in [1.165, 1.54) is 21.7 Å². The van der Waals surface area contributed by atoms with Crippen LogP contribution in [0.15, 0.2) is 35.7 Å². The van der Waals surface area contributed by atoms with Crippen LogP contribution in [0.25, 0.3) is 0 Å². The third kappa shape index (κ3) is 3.10. The van der Waals surface area contributed by atoms with Gasteiger partial charge in [0.1, 0.15) is 0 Å². The largest absolute Gasteiger partial charge is 0.384 e. The van der Waals surface area contributed by atoms with Crippen molar-refractivity contribution in [3.8, 4) is 0 Å². The maximum absolute atomic E-state index is 12.2. The van der Waals surface area contributed by atoms with E-state index >= 15 is 0 Å². The van der Waals surface area contributed by atoms with Crippen LogP contribution in [0.2, 0.25) is 0 Å². The molecule has 1 amide bonds. The van der Waals surface area contributed by atoms with Crippen LogP contribution in [0, 0.1) is 0 Å². The molecule has 3 nitrogen and oxygen atoms in total. The van der Waals surface area contributed by atoms with Crippen molar-refractivity contribution in [1.29, 1.82) is 0 Å². The van der Waals surface area contributed by atoms with Gasteiger partial charge in [0.15, 0.2) is 0 Å². The second-order valence-corrected chi connectivity index (χ2v) is 6.37. The molecule has 1 aromatic heterocycles.